The number of halogens is 2. The fraction of sp³-hybridized carbons (Fsp3) is 0.250. The molecule has 0 aliphatic heterocycles. The lowest BCUT2D eigenvalue weighted by Crippen LogP contribution is -2.05. The van der Waals surface area contributed by atoms with Gasteiger partial charge in [-0.3, -0.25) is 0 Å². The van der Waals surface area contributed by atoms with Crippen molar-refractivity contribution in [2.75, 3.05) is 12.0 Å². The lowest BCUT2D eigenvalue weighted by Gasteiger charge is -2.09. The van der Waals surface area contributed by atoms with E-state index in [0.29, 0.717) is 0 Å². The zero-order valence-electron chi connectivity index (χ0n) is 7.64. The smallest absolute Gasteiger partial charge is 0.177 e. The zero-order chi connectivity index (χ0) is 11.1. The van der Waals surface area contributed by atoms with Crippen LogP contribution in [-0.4, -0.2) is 14.7 Å². The summed E-state index contributed by atoms with van der Waals surface area (Å²) >= 11 is 3.04. The normalized spacial score (nSPS) is 11.7. The maximum Gasteiger partial charge on any atom is 0.177 e. The Morgan fingerprint density at radius 1 is 1.50 bits per heavy atom. The molecule has 0 spiro atoms. The Balaban J connectivity index is 3.70. The number of nitrogens with two attached hydrogens (primary N) is 1. The van der Waals surface area contributed by atoms with E-state index in [9.17, 15) is 12.8 Å². The van der Waals surface area contributed by atoms with Crippen LogP contribution in [0.1, 0.15) is 5.56 Å². The molecule has 0 aliphatic carbocycles. The van der Waals surface area contributed by atoms with Crippen LogP contribution in [0, 0.1) is 12.7 Å². The molecule has 0 heterocycles. The molecule has 0 unspecified atom stereocenters. The summed E-state index contributed by atoms with van der Waals surface area (Å²) in [6.07, 6.45) is 1.02. The molecule has 6 heteroatoms. The molecule has 1 aromatic carbocycles. The molecule has 0 atom stereocenters. The predicted octanol–water partition coefficient (Wildman–Crippen LogP) is 1.88. The first-order valence-corrected chi connectivity index (χ1v) is 6.37. The van der Waals surface area contributed by atoms with Gasteiger partial charge in [-0.05, 0) is 28.9 Å². The van der Waals surface area contributed by atoms with E-state index in [1.165, 1.54) is 13.0 Å². The molecule has 0 amide bonds. The van der Waals surface area contributed by atoms with E-state index in [-0.39, 0.29) is 20.6 Å². The average molecular weight is 282 g/mol. The number of nitrogen functional groups attached to an aromatic ring is 1. The zero-order valence-corrected chi connectivity index (χ0v) is 10.0. The monoisotopic (exact) mass is 281 g/mol. The van der Waals surface area contributed by atoms with Crippen molar-refractivity contribution < 1.29 is 12.8 Å². The van der Waals surface area contributed by atoms with E-state index >= 15 is 0 Å². The molecule has 0 saturated heterocycles. The molecule has 0 aliphatic rings. The van der Waals surface area contributed by atoms with Gasteiger partial charge in [0.2, 0.25) is 0 Å². The Morgan fingerprint density at radius 3 is 2.43 bits per heavy atom. The van der Waals surface area contributed by atoms with Crippen LogP contribution >= 0.6 is 15.9 Å². The Bertz CT molecular complexity index is 485. The molecule has 0 fully saturated rings. The summed E-state index contributed by atoms with van der Waals surface area (Å²) in [4.78, 5) is -0.0517. The van der Waals surface area contributed by atoms with Gasteiger partial charge in [0.15, 0.2) is 9.84 Å². The molecule has 1 rings (SSSR count). The third-order valence-electron chi connectivity index (χ3n) is 1.79. The van der Waals surface area contributed by atoms with Crippen LogP contribution in [0.25, 0.3) is 0 Å². The molecule has 0 aromatic heterocycles. The van der Waals surface area contributed by atoms with E-state index < -0.39 is 15.7 Å². The maximum absolute atomic E-state index is 13.3. The first-order chi connectivity index (χ1) is 6.25. The van der Waals surface area contributed by atoms with Gasteiger partial charge in [0, 0.05) is 16.3 Å². The topological polar surface area (TPSA) is 60.2 Å². The summed E-state index contributed by atoms with van der Waals surface area (Å²) < 4.78 is 36.2. The molecule has 3 nitrogen and oxygen atoms in total. The number of benzene rings is 1. The van der Waals surface area contributed by atoms with E-state index in [1.54, 1.807) is 0 Å². The minimum absolute atomic E-state index is 0.0411. The van der Waals surface area contributed by atoms with Crippen LogP contribution in [0.4, 0.5) is 10.1 Å². The van der Waals surface area contributed by atoms with Gasteiger partial charge in [0.05, 0.1) is 10.6 Å². The Labute approximate surface area is 90.2 Å². The van der Waals surface area contributed by atoms with Crippen molar-refractivity contribution >= 4 is 31.5 Å². The van der Waals surface area contributed by atoms with Crippen LogP contribution in [0.5, 0.6) is 0 Å². The van der Waals surface area contributed by atoms with E-state index in [4.69, 9.17) is 5.73 Å². The molecular formula is C8H9BrFNO2S. The summed E-state index contributed by atoms with van der Waals surface area (Å²) in [6, 6.07) is 1.25. The summed E-state index contributed by atoms with van der Waals surface area (Å²) in [5, 5.41) is 0. The van der Waals surface area contributed by atoms with E-state index in [1.807, 2.05) is 0 Å². The van der Waals surface area contributed by atoms with Crippen LogP contribution < -0.4 is 5.73 Å². The van der Waals surface area contributed by atoms with Gasteiger partial charge in [0.1, 0.15) is 5.82 Å². The summed E-state index contributed by atoms with van der Waals surface area (Å²) in [5.74, 6) is -0.686. The Kier molecular flexibility index (Phi) is 2.87. The molecule has 1 aromatic rings. The lowest BCUT2D eigenvalue weighted by molar-refractivity contribution is 0.592. The lowest BCUT2D eigenvalue weighted by atomic mass is 10.2. The largest absolute Gasteiger partial charge is 0.396 e. The third-order valence-corrected chi connectivity index (χ3v) is 3.95. The molecule has 0 saturated carbocycles. The van der Waals surface area contributed by atoms with Crippen LogP contribution in [-0.2, 0) is 9.84 Å². The minimum Gasteiger partial charge on any atom is -0.396 e. The molecule has 14 heavy (non-hydrogen) atoms. The Hall–Kier alpha value is -0.620. The first kappa shape index (κ1) is 11.5. The summed E-state index contributed by atoms with van der Waals surface area (Å²) in [6.45, 7) is 1.38. The van der Waals surface area contributed by atoms with Crippen molar-refractivity contribution in [3.8, 4) is 0 Å². The maximum atomic E-state index is 13.3. The second kappa shape index (κ2) is 3.51. The van der Waals surface area contributed by atoms with Gasteiger partial charge in [-0.15, -0.1) is 0 Å². The van der Waals surface area contributed by atoms with Crippen LogP contribution in [0.3, 0.4) is 0 Å². The van der Waals surface area contributed by atoms with Gasteiger partial charge in [-0.1, -0.05) is 0 Å². The molecule has 0 radical (unpaired) electrons. The van der Waals surface area contributed by atoms with Crippen LogP contribution in [0.2, 0.25) is 0 Å². The highest BCUT2D eigenvalue weighted by molar-refractivity contribution is 9.10. The van der Waals surface area contributed by atoms with Crippen molar-refractivity contribution in [3.63, 3.8) is 0 Å². The van der Waals surface area contributed by atoms with Crippen molar-refractivity contribution in [2.24, 2.45) is 0 Å². The van der Waals surface area contributed by atoms with Gasteiger partial charge < -0.3 is 5.73 Å². The van der Waals surface area contributed by atoms with Crippen LogP contribution in [0.15, 0.2) is 15.4 Å². The summed E-state index contributed by atoms with van der Waals surface area (Å²) in [7, 11) is -3.45. The second-order valence-electron chi connectivity index (χ2n) is 2.99. The highest BCUT2D eigenvalue weighted by Gasteiger charge is 2.19. The predicted molar refractivity (Wildman–Crippen MR) is 56.4 cm³/mol. The standard InChI is InChI=1S/C8H9BrFNO2S/c1-4-7(10)6(11)3-5(9)8(4)14(2,12)13/h3H,11H2,1-2H3. The van der Waals surface area contributed by atoms with Crippen molar-refractivity contribution in [2.45, 2.75) is 11.8 Å². The molecular weight excluding hydrogens is 273 g/mol. The molecule has 2 N–H and O–H groups in total. The second-order valence-corrected chi connectivity index (χ2v) is 5.79. The van der Waals surface area contributed by atoms with E-state index in [2.05, 4.69) is 15.9 Å². The van der Waals surface area contributed by atoms with Gasteiger partial charge in [-0.2, -0.15) is 0 Å². The van der Waals surface area contributed by atoms with Gasteiger partial charge in [-0.25, -0.2) is 12.8 Å². The van der Waals surface area contributed by atoms with Crippen molar-refractivity contribution in [3.05, 3.63) is 21.9 Å². The number of rotatable bonds is 1. The number of hydrogen-bond acceptors (Lipinski definition) is 3. The average Bonchev–Trinajstić information content (AvgIpc) is 1.97. The SMILES string of the molecule is Cc1c(F)c(N)cc(Br)c1S(C)(=O)=O. The highest BCUT2D eigenvalue weighted by atomic mass is 79.9. The molecule has 78 valence electrons. The van der Waals surface area contributed by atoms with Gasteiger partial charge >= 0.3 is 0 Å². The highest BCUT2D eigenvalue weighted by Crippen LogP contribution is 2.30. The quantitative estimate of drug-likeness (QED) is 0.800. The minimum atomic E-state index is -3.45. The fourth-order valence-corrected chi connectivity index (χ4v) is 3.70. The van der Waals surface area contributed by atoms with Gasteiger partial charge in [0.25, 0.3) is 0 Å². The number of sulfone groups is 1. The summed E-state index contributed by atoms with van der Waals surface area (Å²) in [5.41, 5.74) is 5.31. The van der Waals surface area contributed by atoms with Crippen molar-refractivity contribution in [1.82, 2.24) is 0 Å². The number of hydrogen-bond donors (Lipinski definition) is 1. The number of anilines is 1. The van der Waals surface area contributed by atoms with Crippen molar-refractivity contribution in [1.29, 1.82) is 0 Å². The molecule has 0 bridgehead atoms. The third kappa shape index (κ3) is 1.90. The Morgan fingerprint density at radius 2 is 2.00 bits per heavy atom. The first-order valence-electron chi connectivity index (χ1n) is 3.69. The van der Waals surface area contributed by atoms with E-state index in [0.717, 1.165) is 6.26 Å². The fourth-order valence-electron chi connectivity index (χ4n) is 1.22.